The Bertz CT molecular complexity index is 80.0. The Morgan fingerprint density at radius 3 is 1.57 bits per heavy atom. The van der Waals surface area contributed by atoms with Gasteiger partial charge < -0.3 is 5.48 Å². The third-order valence-electron chi connectivity index (χ3n) is 0.667. The molecule has 0 bridgehead atoms. The third kappa shape index (κ3) is 2.12. The van der Waals surface area contributed by atoms with E-state index in [1.165, 1.54) is 0 Å². The zero-order chi connectivity index (χ0) is 4.24. The van der Waals surface area contributed by atoms with Crippen LogP contribution in [0.25, 0.3) is 0 Å². The van der Waals surface area contributed by atoms with Gasteiger partial charge in [0.25, 0.3) is 0 Å². The Morgan fingerprint density at radius 1 is 0.857 bits per heavy atom. The Labute approximate surface area is 43.5 Å². The van der Waals surface area contributed by atoms with Crippen LogP contribution >= 0.6 is 0 Å². The van der Waals surface area contributed by atoms with E-state index in [2.05, 4.69) is 0 Å². The van der Waals surface area contributed by atoms with Crippen LogP contribution in [0.2, 0.25) is 0 Å². The number of hydrogen-bond donors (Lipinski definition) is 0. The molecule has 0 spiro atoms. The summed E-state index contributed by atoms with van der Waals surface area (Å²) in [5.74, 6) is 4.00. The molecule has 0 fully saturated rings. The van der Waals surface area contributed by atoms with Crippen molar-refractivity contribution in [1.82, 2.24) is 0 Å². The zero-order valence-electron chi connectivity index (χ0n) is 3.96. The fourth-order valence-corrected chi connectivity index (χ4v) is 0.385. The normalized spacial score (nSPS) is 6.29. The summed E-state index contributed by atoms with van der Waals surface area (Å²) in [5.41, 5.74) is 0. The van der Waals surface area contributed by atoms with Gasteiger partial charge in [-0.25, -0.2) is 0 Å². The van der Waals surface area contributed by atoms with E-state index < -0.39 is 0 Å². The Hall–Kier alpha value is -0.625. The molecule has 0 radical (unpaired) electrons. The van der Waals surface area contributed by atoms with Gasteiger partial charge in [-0.2, -0.15) is 0 Å². The predicted octanol–water partition coefficient (Wildman–Crippen LogP) is 0.200. The van der Waals surface area contributed by atoms with Crippen LogP contribution in [0.5, 0.6) is 0 Å². The van der Waals surface area contributed by atoms with Gasteiger partial charge in [0, 0.05) is 0 Å². The van der Waals surface area contributed by atoms with Crippen LogP contribution < -0.4 is 0 Å². The van der Waals surface area contributed by atoms with Crippen molar-refractivity contribution in [2.45, 2.75) is 0 Å². The molecule has 0 saturated heterocycles. The van der Waals surface area contributed by atoms with Crippen molar-refractivity contribution in [2.24, 2.45) is 0 Å². The molecule has 0 saturated carbocycles. The van der Waals surface area contributed by atoms with Gasteiger partial charge in [0.05, 0.1) is 0 Å². The Balaban J connectivity index is 0.000000360. The van der Waals surface area contributed by atoms with Crippen LogP contribution in [-0.4, -0.2) is 12.4 Å². The van der Waals surface area contributed by atoms with Gasteiger partial charge in [-0.3, -0.25) is 0 Å². The van der Waals surface area contributed by atoms with Crippen molar-refractivity contribution in [1.29, 1.82) is 0 Å². The summed E-state index contributed by atoms with van der Waals surface area (Å²) in [6.45, 7) is 2.00. The van der Waals surface area contributed by atoms with Crippen LogP contribution in [0.4, 0.5) is 0 Å². The van der Waals surface area contributed by atoms with Gasteiger partial charge in [-0.05, 0) is 0 Å². The molecule has 0 aromatic carbocycles. The van der Waals surface area contributed by atoms with Gasteiger partial charge >= 0.3 is 37.0 Å². The second kappa shape index (κ2) is 3.56. The SMILES string of the molecule is O.b1ccccc1. The molecule has 1 heterocycles. The minimum atomic E-state index is 0. The quantitative estimate of drug-likeness (QED) is 0.439. The van der Waals surface area contributed by atoms with Crippen LogP contribution in [0.3, 0.4) is 0 Å². The molecule has 1 nitrogen and oxygen atoms in total. The molecule has 0 unspecified atom stereocenters. The molecular formula is C5H7BO. The first-order valence-corrected chi connectivity index (χ1v) is 2.00. The number of hydrogen-bond acceptors (Lipinski definition) is 0. The predicted molar refractivity (Wildman–Crippen MR) is 31.4 cm³/mol. The monoisotopic (exact) mass is 94.1 g/mol. The van der Waals surface area contributed by atoms with E-state index in [1.54, 1.807) is 0 Å². The topological polar surface area (TPSA) is 31.5 Å². The number of rotatable bonds is 0. The van der Waals surface area contributed by atoms with Gasteiger partial charge in [-0.15, -0.1) is 0 Å². The molecule has 36 valence electrons. The Morgan fingerprint density at radius 2 is 1.43 bits per heavy atom. The molecule has 2 heteroatoms. The van der Waals surface area contributed by atoms with Crippen molar-refractivity contribution in [3.8, 4) is 0 Å². The molecule has 0 aliphatic carbocycles. The van der Waals surface area contributed by atoms with Crippen molar-refractivity contribution >= 4 is 6.91 Å². The van der Waals surface area contributed by atoms with Crippen LogP contribution in [0.1, 0.15) is 0 Å². The van der Waals surface area contributed by atoms with Crippen molar-refractivity contribution in [3.63, 3.8) is 0 Å². The molecule has 1 rings (SSSR count). The van der Waals surface area contributed by atoms with E-state index in [1.807, 2.05) is 37.0 Å². The summed E-state index contributed by atoms with van der Waals surface area (Å²) in [7, 11) is 0. The molecule has 0 aliphatic rings. The standard InChI is InChI=1S/C5H5B.H2O/c1-2-4-6-5-3-1;/h1-5H;1H2. The third-order valence-corrected chi connectivity index (χ3v) is 0.667. The first-order chi connectivity index (χ1) is 3.00. The van der Waals surface area contributed by atoms with E-state index in [4.69, 9.17) is 0 Å². The molecule has 0 atom stereocenters. The maximum absolute atomic E-state index is 2.00. The minimum absolute atomic E-state index is 0. The van der Waals surface area contributed by atoms with Gasteiger partial charge in [0.15, 0.2) is 0 Å². The Kier molecular flexibility index (Phi) is 3.24. The molecule has 0 aliphatic heterocycles. The van der Waals surface area contributed by atoms with E-state index >= 15 is 0 Å². The van der Waals surface area contributed by atoms with Crippen molar-refractivity contribution < 1.29 is 5.48 Å². The van der Waals surface area contributed by atoms with Crippen LogP contribution in [0.15, 0.2) is 30.1 Å². The van der Waals surface area contributed by atoms with Gasteiger partial charge in [0.1, 0.15) is 0 Å². The van der Waals surface area contributed by atoms with E-state index in [9.17, 15) is 0 Å². The molecule has 0 amide bonds. The summed E-state index contributed by atoms with van der Waals surface area (Å²) < 4.78 is 0. The fourth-order valence-electron chi connectivity index (χ4n) is 0.385. The van der Waals surface area contributed by atoms with E-state index in [0.29, 0.717) is 0 Å². The van der Waals surface area contributed by atoms with Crippen LogP contribution in [0, 0.1) is 0 Å². The zero-order valence-corrected chi connectivity index (χ0v) is 3.96. The van der Waals surface area contributed by atoms with Gasteiger partial charge in [-0.1, -0.05) is 0 Å². The second-order valence-electron chi connectivity index (χ2n) is 1.15. The fraction of sp³-hybridized carbons (Fsp3) is 0. The molecular weight excluding hydrogens is 86.9 g/mol. The summed E-state index contributed by atoms with van der Waals surface area (Å²) in [4.78, 5) is 0. The average Bonchev–Trinajstić information content (AvgIpc) is 1.72. The van der Waals surface area contributed by atoms with Gasteiger partial charge in [0.2, 0.25) is 0 Å². The van der Waals surface area contributed by atoms with Crippen molar-refractivity contribution in [3.05, 3.63) is 30.1 Å². The molecule has 1 aromatic heterocycles. The average molecular weight is 93.9 g/mol. The molecule has 7 heavy (non-hydrogen) atoms. The maximum atomic E-state index is 2.00. The van der Waals surface area contributed by atoms with Crippen molar-refractivity contribution in [2.75, 3.05) is 0 Å². The summed E-state index contributed by atoms with van der Waals surface area (Å²) in [6.07, 6.45) is 0. The molecule has 2 N–H and O–H groups in total. The van der Waals surface area contributed by atoms with Crippen LogP contribution in [-0.2, 0) is 0 Å². The van der Waals surface area contributed by atoms with E-state index in [-0.39, 0.29) is 5.48 Å². The summed E-state index contributed by atoms with van der Waals surface area (Å²) in [5, 5.41) is 0. The molecule has 1 aromatic rings. The second-order valence-corrected chi connectivity index (χ2v) is 1.15. The summed E-state index contributed by atoms with van der Waals surface area (Å²) in [6, 6.07) is 6.00. The van der Waals surface area contributed by atoms with E-state index in [0.717, 1.165) is 0 Å². The first kappa shape index (κ1) is 6.37. The first-order valence-electron chi connectivity index (χ1n) is 2.00. The summed E-state index contributed by atoms with van der Waals surface area (Å²) >= 11 is 0.